The Labute approximate surface area is 120 Å². The highest BCUT2D eigenvalue weighted by atomic mass is 16.5. The highest BCUT2D eigenvalue weighted by Crippen LogP contribution is 2.26. The third-order valence-electron chi connectivity index (χ3n) is 3.03. The molecule has 104 valence electrons. The molecule has 1 heterocycles. The van der Waals surface area contributed by atoms with Crippen molar-refractivity contribution in [2.45, 2.75) is 12.8 Å². The van der Waals surface area contributed by atoms with E-state index >= 15 is 0 Å². The fourth-order valence-corrected chi connectivity index (χ4v) is 2.02. The van der Waals surface area contributed by atoms with Gasteiger partial charge in [0.05, 0.1) is 12.7 Å². The van der Waals surface area contributed by atoms with Gasteiger partial charge in [0.1, 0.15) is 17.0 Å². The summed E-state index contributed by atoms with van der Waals surface area (Å²) in [5.74, 6) is 1.11. The molecule has 0 saturated carbocycles. The SMILES string of the molecule is N#CCCCOc1ccc2nc3ccc(=O)cc-3oc2c1. The molecule has 0 amide bonds. The zero-order chi connectivity index (χ0) is 14.7. The van der Waals surface area contributed by atoms with Gasteiger partial charge in [0, 0.05) is 18.6 Å². The summed E-state index contributed by atoms with van der Waals surface area (Å²) in [7, 11) is 0. The maximum Gasteiger partial charge on any atom is 0.182 e. The van der Waals surface area contributed by atoms with Gasteiger partial charge in [0.25, 0.3) is 0 Å². The topological polar surface area (TPSA) is 76.1 Å². The van der Waals surface area contributed by atoms with Crippen molar-refractivity contribution in [1.29, 1.82) is 5.26 Å². The number of benzene rings is 2. The Bertz CT molecular complexity index is 848. The van der Waals surface area contributed by atoms with Gasteiger partial charge >= 0.3 is 0 Å². The summed E-state index contributed by atoms with van der Waals surface area (Å²) in [6.45, 7) is 0.477. The number of nitrogens with zero attached hydrogens (tertiary/aromatic N) is 2. The number of aromatic nitrogens is 1. The molecule has 5 nitrogen and oxygen atoms in total. The smallest absolute Gasteiger partial charge is 0.182 e. The van der Waals surface area contributed by atoms with Crippen LogP contribution in [0.25, 0.3) is 22.6 Å². The standard InChI is InChI=1S/C16H12N2O3/c17-7-1-2-8-20-12-4-6-14-16(10-12)21-15-9-11(19)3-5-13(15)18-14/h3-6,9-10H,1-2,8H2. The van der Waals surface area contributed by atoms with Crippen molar-refractivity contribution in [3.63, 3.8) is 0 Å². The van der Waals surface area contributed by atoms with Crippen LogP contribution in [0.3, 0.4) is 0 Å². The van der Waals surface area contributed by atoms with Crippen molar-refractivity contribution < 1.29 is 9.15 Å². The Hall–Kier alpha value is -2.87. The minimum atomic E-state index is -0.115. The maximum absolute atomic E-state index is 11.4. The van der Waals surface area contributed by atoms with Crippen LogP contribution < -0.4 is 10.2 Å². The van der Waals surface area contributed by atoms with E-state index in [9.17, 15) is 4.79 Å². The minimum absolute atomic E-state index is 0.115. The summed E-state index contributed by atoms with van der Waals surface area (Å²) in [5.41, 5.74) is 1.79. The molecule has 1 aliphatic carbocycles. The van der Waals surface area contributed by atoms with Gasteiger partial charge in [-0.1, -0.05) is 0 Å². The lowest BCUT2D eigenvalue weighted by molar-refractivity contribution is 0.312. The molecule has 0 fully saturated rings. The molecular weight excluding hydrogens is 268 g/mol. The van der Waals surface area contributed by atoms with Crippen LogP contribution in [0, 0.1) is 11.3 Å². The number of rotatable bonds is 4. The summed E-state index contributed by atoms with van der Waals surface area (Å²) < 4.78 is 11.3. The molecule has 3 rings (SSSR count). The molecule has 0 atom stereocenters. The molecule has 1 aromatic carbocycles. The van der Waals surface area contributed by atoms with E-state index in [-0.39, 0.29) is 5.43 Å². The monoisotopic (exact) mass is 280 g/mol. The van der Waals surface area contributed by atoms with Crippen LogP contribution in [-0.4, -0.2) is 11.6 Å². The van der Waals surface area contributed by atoms with E-state index in [0.717, 1.165) is 0 Å². The summed E-state index contributed by atoms with van der Waals surface area (Å²) in [6, 6.07) is 12.0. The molecule has 1 aromatic rings. The van der Waals surface area contributed by atoms with Gasteiger partial charge in [-0.25, -0.2) is 4.98 Å². The van der Waals surface area contributed by atoms with Crippen molar-refractivity contribution >= 4 is 11.1 Å². The number of ether oxygens (including phenoxy) is 1. The summed E-state index contributed by atoms with van der Waals surface area (Å²) in [5, 5.41) is 8.47. The van der Waals surface area contributed by atoms with Crippen LogP contribution in [0.1, 0.15) is 12.8 Å². The second-order valence-electron chi connectivity index (χ2n) is 4.58. The highest BCUT2D eigenvalue weighted by Gasteiger charge is 2.09. The largest absolute Gasteiger partial charge is 0.493 e. The summed E-state index contributed by atoms with van der Waals surface area (Å²) in [6.07, 6.45) is 1.15. The molecule has 0 unspecified atom stereocenters. The first-order valence-corrected chi connectivity index (χ1v) is 6.61. The van der Waals surface area contributed by atoms with Gasteiger partial charge in [-0.3, -0.25) is 4.79 Å². The van der Waals surface area contributed by atoms with Crippen LogP contribution in [0.15, 0.2) is 45.6 Å². The number of nitriles is 1. The van der Waals surface area contributed by atoms with Gasteiger partial charge in [0.15, 0.2) is 16.8 Å². The zero-order valence-electron chi connectivity index (χ0n) is 11.2. The van der Waals surface area contributed by atoms with E-state index in [2.05, 4.69) is 11.1 Å². The van der Waals surface area contributed by atoms with Gasteiger partial charge in [-0.15, -0.1) is 0 Å². The minimum Gasteiger partial charge on any atom is -0.493 e. The molecule has 21 heavy (non-hydrogen) atoms. The van der Waals surface area contributed by atoms with E-state index < -0.39 is 0 Å². The number of hydrogen-bond acceptors (Lipinski definition) is 5. The molecule has 5 heteroatoms. The molecule has 0 N–H and O–H groups in total. The van der Waals surface area contributed by atoms with E-state index in [4.69, 9.17) is 14.4 Å². The van der Waals surface area contributed by atoms with Crippen molar-refractivity contribution in [3.8, 4) is 23.3 Å². The molecular formula is C16H12N2O3. The number of fused-ring (bicyclic) bond motifs is 2. The molecule has 0 bridgehead atoms. The average Bonchev–Trinajstić information content (AvgIpc) is 2.49. The Balaban J connectivity index is 1.94. The normalized spacial score (nSPS) is 10.6. The Morgan fingerprint density at radius 3 is 3.00 bits per heavy atom. The predicted octanol–water partition coefficient (Wildman–Crippen LogP) is 2.98. The van der Waals surface area contributed by atoms with E-state index in [1.54, 1.807) is 12.1 Å². The molecule has 0 radical (unpaired) electrons. The van der Waals surface area contributed by atoms with Gasteiger partial charge in [0.2, 0.25) is 0 Å². The Kier molecular flexibility index (Phi) is 3.52. The second kappa shape index (κ2) is 5.63. The second-order valence-corrected chi connectivity index (χ2v) is 4.58. The lowest BCUT2D eigenvalue weighted by Crippen LogP contribution is -2.00. The fourth-order valence-electron chi connectivity index (χ4n) is 2.02. The quantitative estimate of drug-likeness (QED) is 0.542. The third kappa shape index (κ3) is 2.84. The average molecular weight is 280 g/mol. The van der Waals surface area contributed by atoms with Crippen LogP contribution in [-0.2, 0) is 0 Å². The molecule has 0 saturated heterocycles. The van der Waals surface area contributed by atoms with Crippen molar-refractivity contribution in [3.05, 3.63) is 46.6 Å². The zero-order valence-corrected chi connectivity index (χ0v) is 11.2. The predicted molar refractivity (Wildman–Crippen MR) is 77.2 cm³/mol. The first-order chi connectivity index (χ1) is 10.3. The highest BCUT2D eigenvalue weighted by molar-refractivity contribution is 5.77. The third-order valence-corrected chi connectivity index (χ3v) is 3.03. The summed E-state index contributed by atoms with van der Waals surface area (Å²) >= 11 is 0. The van der Waals surface area contributed by atoms with Crippen LogP contribution in [0.4, 0.5) is 0 Å². The molecule has 0 aromatic heterocycles. The number of hydrogen-bond donors (Lipinski definition) is 0. The molecule has 0 spiro atoms. The van der Waals surface area contributed by atoms with Crippen LogP contribution in [0.2, 0.25) is 0 Å². The van der Waals surface area contributed by atoms with Gasteiger partial charge in [-0.2, -0.15) is 5.26 Å². The Morgan fingerprint density at radius 2 is 2.14 bits per heavy atom. The van der Waals surface area contributed by atoms with E-state index in [0.29, 0.717) is 47.8 Å². The number of unbranched alkanes of at least 4 members (excludes halogenated alkanes) is 1. The lowest BCUT2D eigenvalue weighted by atomic mass is 10.2. The van der Waals surface area contributed by atoms with E-state index in [1.165, 1.54) is 12.1 Å². The molecule has 1 aliphatic heterocycles. The molecule has 2 aliphatic rings. The van der Waals surface area contributed by atoms with Crippen LogP contribution in [0.5, 0.6) is 5.75 Å². The first kappa shape index (κ1) is 13.1. The van der Waals surface area contributed by atoms with Crippen molar-refractivity contribution in [2.24, 2.45) is 0 Å². The maximum atomic E-state index is 11.4. The Morgan fingerprint density at radius 1 is 1.24 bits per heavy atom. The first-order valence-electron chi connectivity index (χ1n) is 6.61. The van der Waals surface area contributed by atoms with Gasteiger partial charge < -0.3 is 9.15 Å². The summed E-state index contributed by atoms with van der Waals surface area (Å²) in [4.78, 5) is 15.8. The van der Waals surface area contributed by atoms with E-state index in [1.807, 2.05) is 12.1 Å². The fraction of sp³-hybridized carbons (Fsp3) is 0.188. The van der Waals surface area contributed by atoms with Crippen molar-refractivity contribution in [1.82, 2.24) is 4.98 Å². The van der Waals surface area contributed by atoms with Crippen molar-refractivity contribution in [2.75, 3.05) is 6.61 Å². The van der Waals surface area contributed by atoms with Gasteiger partial charge in [-0.05, 0) is 30.7 Å². The lowest BCUT2D eigenvalue weighted by Gasteiger charge is -2.08. The van der Waals surface area contributed by atoms with Crippen LogP contribution >= 0.6 is 0 Å².